The molecule has 1 aliphatic carbocycles. The summed E-state index contributed by atoms with van der Waals surface area (Å²) in [6.07, 6.45) is 1.49. The fourth-order valence-electron chi connectivity index (χ4n) is 2.69. The SMILES string of the molecule is CCCC(C)(N)C(=O)N[C@@H]1c2ccccc2C[C@@H]1O.Cl. The summed E-state index contributed by atoms with van der Waals surface area (Å²) in [5, 5.41) is 13.0. The number of amides is 1. The molecule has 1 aliphatic rings. The topological polar surface area (TPSA) is 75.4 Å². The molecule has 0 aromatic heterocycles. The normalized spacial score (nSPS) is 23.4. The summed E-state index contributed by atoms with van der Waals surface area (Å²) in [7, 11) is 0. The number of aliphatic hydroxyl groups is 1. The van der Waals surface area contributed by atoms with Crippen molar-refractivity contribution in [2.45, 2.75) is 50.8 Å². The summed E-state index contributed by atoms with van der Waals surface area (Å²) in [6, 6.07) is 7.45. The van der Waals surface area contributed by atoms with Crippen LogP contribution in [0.3, 0.4) is 0 Å². The number of nitrogens with one attached hydrogen (secondary N) is 1. The second-order valence-electron chi connectivity index (χ2n) is 5.59. The van der Waals surface area contributed by atoms with Gasteiger partial charge in [0.05, 0.1) is 17.7 Å². The third-order valence-corrected chi connectivity index (χ3v) is 3.78. The first-order valence-electron chi connectivity index (χ1n) is 6.81. The standard InChI is InChI=1S/C15H22N2O2.ClH/c1-3-8-15(2,16)14(19)17-13-11-7-5-4-6-10(11)9-12(13)18;/h4-7,12-13,18H,3,8-9,16H2,1-2H3,(H,17,19);1H/t12-,13+,15?;/m0./s1. The monoisotopic (exact) mass is 298 g/mol. The number of halogens is 1. The number of benzene rings is 1. The van der Waals surface area contributed by atoms with Crippen LogP contribution in [0.25, 0.3) is 0 Å². The zero-order valence-corrected chi connectivity index (χ0v) is 12.7. The van der Waals surface area contributed by atoms with Gasteiger partial charge in [0, 0.05) is 6.42 Å². The zero-order chi connectivity index (χ0) is 14.0. The molecule has 5 heteroatoms. The minimum atomic E-state index is -0.883. The summed E-state index contributed by atoms with van der Waals surface area (Å²) in [5.74, 6) is -0.199. The molecule has 0 heterocycles. The molecule has 112 valence electrons. The molecule has 1 aromatic rings. The molecule has 20 heavy (non-hydrogen) atoms. The Hall–Kier alpha value is -1.10. The lowest BCUT2D eigenvalue weighted by Crippen LogP contribution is -2.53. The Bertz CT molecular complexity index is 477. The number of carbonyl (C=O) groups excluding carboxylic acids is 1. The molecule has 0 saturated heterocycles. The van der Waals surface area contributed by atoms with E-state index < -0.39 is 11.6 Å². The Kier molecular flexibility index (Phi) is 5.57. The highest BCUT2D eigenvalue weighted by molar-refractivity contribution is 5.86. The van der Waals surface area contributed by atoms with E-state index in [1.807, 2.05) is 31.2 Å². The molecule has 3 atom stereocenters. The van der Waals surface area contributed by atoms with Gasteiger partial charge in [-0.25, -0.2) is 0 Å². The summed E-state index contributed by atoms with van der Waals surface area (Å²) >= 11 is 0. The molecular weight excluding hydrogens is 276 g/mol. The summed E-state index contributed by atoms with van der Waals surface area (Å²) in [4.78, 5) is 12.2. The van der Waals surface area contributed by atoms with Crippen molar-refractivity contribution in [3.8, 4) is 0 Å². The molecule has 0 saturated carbocycles. The van der Waals surface area contributed by atoms with E-state index in [0.717, 1.165) is 17.5 Å². The van der Waals surface area contributed by atoms with Crippen LogP contribution in [0.2, 0.25) is 0 Å². The van der Waals surface area contributed by atoms with Gasteiger partial charge in [-0.2, -0.15) is 0 Å². The summed E-state index contributed by atoms with van der Waals surface area (Å²) in [6.45, 7) is 3.73. The van der Waals surface area contributed by atoms with Crippen LogP contribution in [-0.4, -0.2) is 22.7 Å². The van der Waals surface area contributed by atoms with Crippen LogP contribution in [-0.2, 0) is 11.2 Å². The largest absolute Gasteiger partial charge is 0.390 e. The van der Waals surface area contributed by atoms with Gasteiger partial charge in [-0.05, 0) is 24.5 Å². The van der Waals surface area contributed by atoms with Crippen LogP contribution in [0.4, 0.5) is 0 Å². The van der Waals surface area contributed by atoms with E-state index in [2.05, 4.69) is 5.32 Å². The van der Waals surface area contributed by atoms with Crippen molar-refractivity contribution in [3.63, 3.8) is 0 Å². The Morgan fingerprint density at radius 1 is 1.50 bits per heavy atom. The predicted molar refractivity (Wildman–Crippen MR) is 81.8 cm³/mol. The van der Waals surface area contributed by atoms with Crippen molar-refractivity contribution < 1.29 is 9.90 Å². The molecule has 1 amide bonds. The number of hydrogen-bond donors (Lipinski definition) is 3. The lowest BCUT2D eigenvalue weighted by molar-refractivity contribution is -0.127. The van der Waals surface area contributed by atoms with Crippen LogP contribution < -0.4 is 11.1 Å². The third-order valence-electron chi connectivity index (χ3n) is 3.78. The van der Waals surface area contributed by atoms with Crippen LogP contribution >= 0.6 is 12.4 Å². The third kappa shape index (κ3) is 3.32. The van der Waals surface area contributed by atoms with Crippen molar-refractivity contribution in [3.05, 3.63) is 35.4 Å². The number of hydrogen-bond acceptors (Lipinski definition) is 3. The van der Waals surface area contributed by atoms with E-state index in [1.165, 1.54) is 0 Å². The molecule has 1 aromatic carbocycles. The van der Waals surface area contributed by atoms with Crippen molar-refractivity contribution in [1.82, 2.24) is 5.32 Å². The van der Waals surface area contributed by atoms with E-state index >= 15 is 0 Å². The van der Waals surface area contributed by atoms with E-state index in [9.17, 15) is 9.90 Å². The van der Waals surface area contributed by atoms with Crippen LogP contribution in [0.5, 0.6) is 0 Å². The maximum Gasteiger partial charge on any atom is 0.240 e. The maximum absolute atomic E-state index is 12.2. The van der Waals surface area contributed by atoms with Crippen molar-refractivity contribution in [1.29, 1.82) is 0 Å². The van der Waals surface area contributed by atoms with Crippen molar-refractivity contribution >= 4 is 18.3 Å². The lowest BCUT2D eigenvalue weighted by Gasteiger charge is -2.27. The van der Waals surface area contributed by atoms with Crippen LogP contribution in [0.15, 0.2) is 24.3 Å². The van der Waals surface area contributed by atoms with E-state index in [0.29, 0.717) is 12.8 Å². The van der Waals surface area contributed by atoms with Gasteiger partial charge in [0.2, 0.25) is 5.91 Å². The van der Waals surface area contributed by atoms with Gasteiger partial charge in [0.15, 0.2) is 0 Å². The summed E-state index contributed by atoms with van der Waals surface area (Å²) < 4.78 is 0. The smallest absolute Gasteiger partial charge is 0.240 e. The average Bonchev–Trinajstić information content (AvgIpc) is 2.66. The highest BCUT2D eigenvalue weighted by Crippen LogP contribution is 2.31. The highest BCUT2D eigenvalue weighted by Gasteiger charge is 2.35. The number of aliphatic hydroxyl groups excluding tert-OH is 1. The van der Waals surface area contributed by atoms with E-state index in [4.69, 9.17) is 5.73 Å². The number of nitrogens with two attached hydrogens (primary N) is 1. The second kappa shape index (κ2) is 6.57. The second-order valence-corrected chi connectivity index (χ2v) is 5.59. The van der Waals surface area contributed by atoms with E-state index in [-0.39, 0.29) is 24.4 Å². The van der Waals surface area contributed by atoms with Gasteiger partial charge in [-0.3, -0.25) is 4.79 Å². The van der Waals surface area contributed by atoms with Gasteiger partial charge in [0.1, 0.15) is 0 Å². The molecule has 0 fully saturated rings. The molecule has 0 bridgehead atoms. The zero-order valence-electron chi connectivity index (χ0n) is 11.9. The first-order valence-corrected chi connectivity index (χ1v) is 6.81. The maximum atomic E-state index is 12.2. The minimum absolute atomic E-state index is 0. The number of carbonyl (C=O) groups is 1. The van der Waals surface area contributed by atoms with Crippen molar-refractivity contribution in [2.24, 2.45) is 5.73 Å². The fraction of sp³-hybridized carbons (Fsp3) is 0.533. The summed E-state index contributed by atoms with van der Waals surface area (Å²) in [5.41, 5.74) is 7.23. The molecule has 0 aliphatic heterocycles. The van der Waals surface area contributed by atoms with Crippen LogP contribution in [0, 0.1) is 0 Å². The average molecular weight is 299 g/mol. The Morgan fingerprint density at radius 3 is 2.80 bits per heavy atom. The Labute approximate surface area is 126 Å². The molecule has 1 unspecified atom stereocenters. The van der Waals surface area contributed by atoms with Gasteiger partial charge < -0.3 is 16.2 Å². The fourth-order valence-corrected chi connectivity index (χ4v) is 2.69. The van der Waals surface area contributed by atoms with Gasteiger partial charge in [-0.1, -0.05) is 37.6 Å². The molecule has 0 spiro atoms. The van der Waals surface area contributed by atoms with Crippen LogP contribution in [0.1, 0.15) is 43.9 Å². The van der Waals surface area contributed by atoms with Gasteiger partial charge in [-0.15, -0.1) is 12.4 Å². The molecule has 0 radical (unpaired) electrons. The Balaban J connectivity index is 0.00000200. The predicted octanol–water partition coefficient (Wildman–Crippen LogP) is 1.70. The molecule has 4 N–H and O–H groups in total. The Morgan fingerprint density at radius 2 is 2.15 bits per heavy atom. The highest BCUT2D eigenvalue weighted by atomic mass is 35.5. The number of fused-ring (bicyclic) bond motifs is 1. The van der Waals surface area contributed by atoms with E-state index in [1.54, 1.807) is 6.92 Å². The molecule has 2 rings (SSSR count). The quantitative estimate of drug-likeness (QED) is 0.792. The first-order chi connectivity index (χ1) is 8.95. The number of rotatable bonds is 4. The van der Waals surface area contributed by atoms with Gasteiger partial charge >= 0.3 is 0 Å². The van der Waals surface area contributed by atoms with Crippen molar-refractivity contribution in [2.75, 3.05) is 0 Å². The lowest BCUT2D eigenvalue weighted by atomic mass is 9.95. The molecular formula is C15H23ClN2O2. The van der Waals surface area contributed by atoms with Gasteiger partial charge in [0.25, 0.3) is 0 Å². The molecule has 4 nitrogen and oxygen atoms in total. The first kappa shape index (κ1) is 17.0. The minimum Gasteiger partial charge on any atom is -0.390 e.